The molecule has 1 saturated heterocycles. The Morgan fingerprint density at radius 2 is 2.33 bits per heavy atom. The Balaban J connectivity index is 2.42. The second kappa shape index (κ2) is 4.32. The molecule has 100 valence electrons. The Labute approximate surface area is 103 Å². The molecule has 6 N–H and O–H groups in total. The monoisotopic (exact) mass is 256 g/mol. The number of aliphatic hydroxyl groups excluding tert-OH is 2. The second-order valence-corrected chi connectivity index (χ2v) is 4.56. The first kappa shape index (κ1) is 13.0. The molecule has 0 amide bonds. The van der Waals surface area contributed by atoms with Gasteiger partial charge in [-0.3, -0.25) is 4.57 Å². The van der Waals surface area contributed by atoms with Gasteiger partial charge in [0.15, 0.2) is 6.23 Å². The maximum absolute atomic E-state index is 11.7. The molecule has 0 spiro atoms. The largest absolute Gasteiger partial charge is 0.394 e. The van der Waals surface area contributed by atoms with Gasteiger partial charge in [-0.05, 0) is 13.0 Å². The average Bonchev–Trinajstić information content (AvgIpc) is 2.52. The van der Waals surface area contributed by atoms with Crippen molar-refractivity contribution in [3.8, 4) is 0 Å². The van der Waals surface area contributed by atoms with Gasteiger partial charge in [-0.15, -0.1) is 0 Å². The van der Waals surface area contributed by atoms with Gasteiger partial charge in [-0.25, -0.2) is 4.79 Å². The van der Waals surface area contributed by atoms with Gasteiger partial charge >= 0.3 is 5.69 Å². The van der Waals surface area contributed by atoms with Crippen molar-refractivity contribution in [1.29, 1.82) is 0 Å². The fraction of sp³-hybridized carbons (Fsp3) is 0.600. The molecule has 0 saturated carbocycles. The van der Waals surface area contributed by atoms with Crippen molar-refractivity contribution in [3.05, 3.63) is 22.7 Å². The van der Waals surface area contributed by atoms with E-state index in [-0.39, 0.29) is 12.4 Å². The van der Waals surface area contributed by atoms with E-state index in [1.807, 2.05) is 0 Å². The van der Waals surface area contributed by atoms with Crippen molar-refractivity contribution >= 4 is 5.82 Å². The zero-order chi connectivity index (χ0) is 13.5. The van der Waals surface area contributed by atoms with Gasteiger partial charge in [0.25, 0.3) is 0 Å². The number of hydrogen-bond donors (Lipinski definition) is 4. The summed E-state index contributed by atoms with van der Waals surface area (Å²) < 4.78 is 6.55. The molecule has 1 aliphatic rings. The van der Waals surface area contributed by atoms with Crippen LogP contribution in [0.25, 0.3) is 0 Å². The lowest BCUT2D eigenvalue weighted by molar-refractivity contribution is -0.0486. The number of anilines is 1. The van der Waals surface area contributed by atoms with E-state index in [1.54, 1.807) is 6.92 Å². The first-order valence-electron chi connectivity index (χ1n) is 5.46. The van der Waals surface area contributed by atoms with Gasteiger partial charge in [0.2, 0.25) is 0 Å². The lowest BCUT2D eigenvalue weighted by Crippen LogP contribution is -2.53. The number of rotatable bonds is 2. The molecule has 0 aliphatic carbocycles. The summed E-state index contributed by atoms with van der Waals surface area (Å²) in [7, 11) is 0. The topological polar surface area (TPSA) is 137 Å². The highest BCUT2D eigenvalue weighted by Gasteiger charge is 2.51. The molecule has 4 atom stereocenters. The van der Waals surface area contributed by atoms with Crippen molar-refractivity contribution in [2.45, 2.75) is 30.9 Å². The molecule has 0 aromatic carbocycles. The zero-order valence-corrected chi connectivity index (χ0v) is 9.85. The summed E-state index contributed by atoms with van der Waals surface area (Å²) in [5.41, 5.74) is 9.52. The van der Waals surface area contributed by atoms with E-state index in [0.717, 1.165) is 4.57 Å². The summed E-state index contributed by atoms with van der Waals surface area (Å²) in [6.45, 7) is 1.16. The van der Waals surface area contributed by atoms with Crippen LogP contribution in [0.4, 0.5) is 5.82 Å². The van der Waals surface area contributed by atoms with Crippen LogP contribution in [0.1, 0.15) is 13.2 Å². The van der Waals surface area contributed by atoms with Gasteiger partial charge in [-0.2, -0.15) is 4.98 Å². The number of nitrogen functional groups attached to an aromatic ring is 1. The smallest absolute Gasteiger partial charge is 0.351 e. The van der Waals surface area contributed by atoms with Crippen LogP contribution >= 0.6 is 0 Å². The van der Waals surface area contributed by atoms with Crippen LogP contribution in [0.3, 0.4) is 0 Å². The zero-order valence-electron chi connectivity index (χ0n) is 9.85. The molecule has 1 fully saturated rings. The molecular weight excluding hydrogens is 240 g/mol. The maximum atomic E-state index is 11.7. The van der Waals surface area contributed by atoms with Crippen LogP contribution < -0.4 is 17.2 Å². The second-order valence-electron chi connectivity index (χ2n) is 4.56. The molecule has 8 nitrogen and oxygen atoms in total. The Bertz CT molecular complexity index is 501. The minimum Gasteiger partial charge on any atom is -0.394 e. The Morgan fingerprint density at radius 1 is 1.67 bits per heavy atom. The van der Waals surface area contributed by atoms with Crippen molar-refractivity contribution in [3.63, 3.8) is 0 Å². The third-order valence-corrected chi connectivity index (χ3v) is 3.11. The fourth-order valence-corrected chi connectivity index (χ4v) is 2.05. The summed E-state index contributed by atoms with van der Waals surface area (Å²) in [6.07, 6.45) is -1.44. The summed E-state index contributed by atoms with van der Waals surface area (Å²) in [4.78, 5) is 15.3. The summed E-state index contributed by atoms with van der Waals surface area (Å²) in [5.74, 6) is 0.0900. The minimum atomic E-state index is -1.21. The lowest BCUT2D eigenvalue weighted by atomic mass is 9.93. The van der Waals surface area contributed by atoms with E-state index < -0.39 is 29.7 Å². The van der Waals surface area contributed by atoms with E-state index in [1.165, 1.54) is 12.3 Å². The lowest BCUT2D eigenvalue weighted by Gasteiger charge is -2.28. The number of aliphatic hydroxyl groups is 2. The Kier molecular flexibility index (Phi) is 3.11. The number of aromatic nitrogens is 2. The van der Waals surface area contributed by atoms with E-state index in [2.05, 4.69) is 4.98 Å². The van der Waals surface area contributed by atoms with Gasteiger partial charge in [0.1, 0.15) is 18.0 Å². The summed E-state index contributed by atoms with van der Waals surface area (Å²) in [6, 6.07) is 1.43. The Morgan fingerprint density at radius 3 is 2.83 bits per heavy atom. The maximum Gasteiger partial charge on any atom is 0.351 e. The number of nitrogens with zero attached hydrogens (tertiary/aromatic N) is 2. The summed E-state index contributed by atoms with van der Waals surface area (Å²) in [5, 5.41) is 19.0. The van der Waals surface area contributed by atoms with E-state index in [4.69, 9.17) is 21.3 Å². The molecule has 1 aliphatic heterocycles. The molecule has 2 heterocycles. The van der Waals surface area contributed by atoms with Gasteiger partial charge in [-0.1, -0.05) is 0 Å². The third kappa shape index (κ3) is 1.89. The quantitative estimate of drug-likeness (QED) is 0.471. The summed E-state index contributed by atoms with van der Waals surface area (Å²) >= 11 is 0. The molecular formula is C10H16N4O4. The first-order valence-corrected chi connectivity index (χ1v) is 5.46. The van der Waals surface area contributed by atoms with Crippen LogP contribution in [0.5, 0.6) is 0 Å². The molecule has 0 bridgehead atoms. The average molecular weight is 256 g/mol. The molecule has 1 aromatic heterocycles. The highest BCUT2D eigenvalue weighted by molar-refractivity contribution is 5.24. The van der Waals surface area contributed by atoms with Crippen LogP contribution in [-0.4, -0.2) is 44.1 Å². The van der Waals surface area contributed by atoms with E-state index >= 15 is 0 Å². The molecule has 1 aromatic rings. The SMILES string of the molecule is CC1(N)C(O)C(CO)OC1n1ccc(N)nc1=O. The normalized spacial score (nSPS) is 35.9. The molecule has 2 rings (SSSR count). The highest BCUT2D eigenvalue weighted by atomic mass is 16.5. The Hall–Kier alpha value is -1.48. The molecule has 18 heavy (non-hydrogen) atoms. The predicted molar refractivity (Wildman–Crippen MR) is 62.5 cm³/mol. The fourth-order valence-electron chi connectivity index (χ4n) is 2.05. The van der Waals surface area contributed by atoms with E-state index in [9.17, 15) is 9.90 Å². The first-order chi connectivity index (χ1) is 8.37. The molecule has 4 unspecified atom stereocenters. The van der Waals surface area contributed by atoms with Gasteiger partial charge in [0.05, 0.1) is 12.1 Å². The van der Waals surface area contributed by atoms with Gasteiger partial charge < -0.3 is 26.4 Å². The number of hydrogen-bond acceptors (Lipinski definition) is 7. The van der Waals surface area contributed by atoms with Crippen LogP contribution in [0.2, 0.25) is 0 Å². The van der Waals surface area contributed by atoms with Crippen LogP contribution in [-0.2, 0) is 4.74 Å². The standard InChI is InChI=1S/C10H16N4O4/c1-10(12)7(16)5(4-15)18-8(10)14-3-2-6(11)13-9(14)17/h2-3,5,7-8,15-16H,4,12H2,1H3,(H2,11,13,17). The molecule has 0 radical (unpaired) electrons. The van der Waals surface area contributed by atoms with E-state index in [0.29, 0.717) is 0 Å². The van der Waals surface area contributed by atoms with Crippen molar-refractivity contribution in [2.75, 3.05) is 12.3 Å². The van der Waals surface area contributed by atoms with Crippen molar-refractivity contribution in [1.82, 2.24) is 9.55 Å². The minimum absolute atomic E-state index is 0.0900. The highest BCUT2D eigenvalue weighted by Crippen LogP contribution is 2.35. The van der Waals surface area contributed by atoms with Crippen molar-refractivity contribution in [2.24, 2.45) is 5.73 Å². The van der Waals surface area contributed by atoms with Crippen LogP contribution in [0.15, 0.2) is 17.1 Å². The van der Waals surface area contributed by atoms with Crippen molar-refractivity contribution < 1.29 is 14.9 Å². The number of ether oxygens (including phenoxy) is 1. The third-order valence-electron chi connectivity index (χ3n) is 3.11. The van der Waals surface area contributed by atoms with Crippen LogP contribution in [0, 0.1) is 0 Å². The van der Waals surface area contributed by atoms with Gasteiger partial charge in [0, 0.05) is 6.20 Å². The number of nitrogens with two attached hydrogens (primary N) is 2. The predicted octanol–water partition coefficient (Wildman–Crippen LogP) is -2.21. The molecule has 8 heteroatoms.